The van der Waals surface area contributed by atoms with Crippen molar-refractivity contribution in [2.45, 2.75) is 52.0 Å². The third-order valence-corrected chi connectivity index (χ3v) is 3.46. The van der Waals surface area contributed by atoms with Gasteiger partial charge in [-0.3, -0.25) is 0 Å². The highest BCUT2D eigenvalue weighted by molar-refractivity contribution is 9.10. The van der Waals surface area contributed by atoms with Gasteiger partial charge in [0.2, 0.25) is 0 Å². The first-order valence-corrected chi connectivity index (χ1v) is 7.62. The van der Waals surface area contributed by atoms with Crippen LogP contribution in [0.15, 0.2) is 22.7 Å². The van der Waals surface area contributed by atoms with Gasteiger partial charge in [-0.15, -0.1) is 0 Å². The van der Waals surface area contributed by atoms with Crippen LogP contribution in [0, 0.1) is 0 Å². The lowest BCUT2D eigenvalue weighted by Gasteiger charge is -2.14. The minimum absolute atomic E-state index is 0.00758. The maximum absolute atomic E-state index is 5.94. The summed E-state index contributed by atoms with van der Waals surface area (Å²) in [5.74, 6) is 0.912. The molecule has 1 unspecified atom stereocenters. The molecule has 0 aromatic heterocycles. The van der Waals surface area contributed by atoms with Gasteiger partial charge in [-0.1, -0.05) is 54.6 Å². The van der Waals surface area contributed by atoms with Crippen molar-refractivity contribution in [2.24, 2.45) is 5.73 Å². The minimum atomic E-state index is 0.00758. The first kappa shape index (κ1) is 15.5. The van der Waals surface area contributed by atoms with Gasteiger partial charge in [0.15, 0.2) is 0 Å². The quantitative estimate of drug-likeness (QED) is 0.698. The summed E-state index contributed by atoms with van der Waals surface area (Å²) in [4.78, 5) is 0. The van der Waals surface area contributed by atoms with Gasteiger partial charge in [-0.25, -0.2) is 0 Å². The summed E-state index contributed by atoms with van der Waals surface area (Å²) in [6.07, 6.45) is 6.27. The fourth-order valence-corrected chi connectivity index (χ4v) is 2.24. The van der Waals surface area contributed by atoms with Crippen LogP contribution in [0.1, 0.15) is 57.6 Å². The van der Waals surface area contributed by atoms with Gasteiger partial charge >= 0.3 is 0 Å². The first-order valence-electron chi connectivity index (χ1n) is 6.83. The zero-order chi connectivity index (χ0) is 13.4. The third kappa shape index (κ3) is 5.40. The van der Waals surface area contributed by atoms with Crippen LogP contribution in [0.5, 0.6) is 5.75 Å². The molecule has 0 aliphatic heterocycles. The highest BCUT2D eigenvalue weighted by Crippen LogP contribution is 2.27. The van der Waals surface area contributed by atoms with E-state index in [1.54, 1.807) is 0 Å². The maximum Gasteiger partial charge on any atom is 0.125 e. The van der Waals surface area contributed by atoms with Crippen molar-refractivity contribution < 1.29 is 4.74 Å². The largest absolute Gasteiger partial charge is 0.493 e. The Morgan fingerprint density at radius 2 is 1.94 bits per heavy atom. The normalized spacial score (nSPS) is 12.4. The van der Waals surface area contributed by atoms with Crippen LogP contribution in [0.4, 0.5) is 0 Å². The lowest BCUT2D eigenvalue weighted by atomic mass is 10.1. The fraction of sp³-hybridized carbons (Fsp3) is 0.600. The van der Waals surface area contributed by atoms with E-state index in [9.17, 15) is 0 Å². The molecule has 1 aromatic carbocycles. The molecule has 0 spiro atoms. The molecule has 0 saturated heterocycles. The Morgan fingerprint density at radius 3 is 2.61 bits per heavy atom. The van der Waals surface area contributed by atoms with Gasteiger partial charge in [-0.2, -0.15) is 0 Å². The van der Waals surface area contributed by atoms with Crippen molar-refractivity contribution in [2.75, 3.05) is 6.61 Å². The number of hydrogen-bond acceptors (Lipinski definition) is 2. The summed E-state index contributed by atoms with van der Waals surface area (Å²) in [5.41, 5.74) is 7.01. The molecular formula is C15H24BrNO. The van der Waals surface area contributed by atoms with Crippen LogP contribution in [0.25, 0.3) is 0 Å². The van der Waals surface area contributed by atoms with E-state index >= 15 is 0 Å². The van der Waals surface area contributed by atoms with E-state index in [0.29, 0.717) is 0 Å². The molecule has 0 saturated carbocycles. The standard InChI is InChI=1S/C15H24BrNO/c1-3-4-5-6-7-10-18-15-11-13(16)8-9-14(15)12(2)17/h8-9,11-12H,3-7,10,17H2,1-2H3. The molecule has 0 heterocycles. The Bertz CT molecular complexity index is 352. The smallest absolute Gasteiger partial charge is 0.125 e. The summed E-state index contributed by atoms with van der Waals surface area (Å²) in [6.45, 7) is 4.99. The van der Waals surface area contributed by atoms with E-state index in [-0.39, 0.29) is 6.04 Å². The summed E-state index contributed by atoms with van der Waals surface area (Å²) in [6, 6.07) is 6.05. The number of benzene rings is 1. The van der Waals surface area contributed by atoms with Gasteiger partial charge in [0, 0.05) is 16.1 Å². The molecule has 3 heteroatoms. The van der Waals surface area contributed by atoms with E-state index in [1.807, 2.05) is 25.1 Å². The molecule has 0 radical (unpaired) electrons. The first-order chi connectivity index (χ1) is 8.65. The van der Waals surface area contributed by atoms with E-state index in [2.05, 4.69) is 22.9 Å². The molecule has 102 valence electrons. The average Bonchev–Trinajstić information content (AvgIpc) is 2.33. The Balaban J connectivity index is 2.43. The highest BCUT2D eigenvalue weighted by Gasteiger charge is 2.08. The van der Waals surface area contributed by atoms with Crippen LogP contribution in [0.3, 0.4) is 0 Å². The van der Waals surface area contributed by atoms with Crippen LogP contribution < -0.4 is 10.5 Å². The highest BCUT2D eigenvalue weighted by atomic mass is 79.9. The van der Waals surface area contributed by atoms with Crippen molar-refractivity contribution in [1.82, 2.24) is 0 Å². The Labute approximate surface area is 119 Å². The second-order valence-corrected chi connectivity index (χ2v) is 5.65. The van der Waals surface area contributed by atoms with Gasteiger partial charge in [0.05, 0.1) is 6.61 Å². The molecule has 1 rings (SSSR count). The van der Waals surface area contributed by atoms with Crippen molar-refractivity contribution in [3.8, 4) is 5.75 Å². The van der Waals surface area contributed by atoms with Gasteiger partial charge < -0.3 is 10.5 Å². The van der Waals surface area contributed by atoms with Gasteiger partial charge in [-0.05, 0) is 25.5 Å². The van der Waals surface area contributed by atoms with Gasteiger partial charge in [0.1, 0.15) is 5.75 Å². The zero-order valence-corrected chi connectivity index (χ0v) is 13.0. The predicted octanol–water partition coefficient (Wildman–Crippen LogP) is 4.82. The average molecular weight is 314 g/mol. The number of halogens is 1. The lowest BCUT2D eigenvalue weighted by Crippen LogP contribution is -2.08. The number of ether oxygens (including phenoxy) is 1. The predicted molar refractivity (Wildman–Crippen MR) is 81.0 cm³/mol. The lowest BCUT2D eigenvalue weighted by molar-refractivity contribution is 0.300. The fourth-order valence-electron chi connectivity index (χ4n) is 1.90. The number of rotatable bonds is 8. The Kier molecular flexibility index (Phi) is 7.36. The Hall–Kier alpha value is -0.540. The topological polar surface area (TPSA) is 35.2 Å². The van der Waals surface area contributed by atoms with Crippen molar-refractivity contribution >= 4 is 15.9 Å². The Morgan fingerprint density at radius 1 is 1.22 bits per heavy atom. The van der Waals surface area contributed by atoms with Crippen molar-refractivity contribution in [3.05, 3.63) is 28.2 Å². The molecule has 2 nitrogen and oxygen atoms in total. The number of hydrogen-bond donors (Lipinski definition) is 1. The molecule has 2 N–H and O–H groups in total. The van der Waals surface area contributed by atoms with Crippen LogP contribution in [-0.4, -0.2) is 6.61 Å². The second kappa shape index (κ2) is 8.54. The second-order valence-electron chi connectivity index (χ2n) is 4.73. The van der Waals surface area contributed by atoms with E-state index in [1.165, 1.54) is 25.7 Å². The molecule has 18 heavy (non-hydrogen) atoms. The maximum atomic E-state index is 5.94. The summed E-state index contributed by atoms with van der Waals surface area (Å²) in [5, 5.41) is 0. The van der Waals surface area contributed by atoms with Crippen molar-refractivity contribution in [1.29, 1.82) is 0 Å². The number of nitrogens with two attached hydrogens (primary N) is 1. The molecule has 0 aliphatic carbocycles. The zero-order valence-electron chi connectivity index (χ0n) is 11.4. The van der Waals surface area contributed by atoms with E-state index < -0.39 is 0 Å². The summed E-state index contributed by atoms with van der Waals surface area (Å²) >= 11 is 3.47. The van der Waals surface area contributed by atoms with Crippen molar-refractivity contribution in [3.63, 3.8) is 0 Å². The third-order valence-electron chi connectivity index (χ3n) is 2.97. The molecule has 0 fully saturated rings. The van der Waals surface area contributed by atoms with Gasteiger partial charge in [0.25, 0.3) is 0 Å². The molecule has 0 bridgehead atoms. The molecule has 0 aliphatic rings. The SMILES string of the molecule is CCCCCCCOc1cc(Br)ccc1C(C)N. The van der Waals surface area contributed by atoms with Crippen LogP contribution in [0.2, 0.25) is 0 Å². The molecule has 1 atom stereocenters. The van der Waals surface area contributed by atoms with Crippen LogP contribution >= 0.6 is 15.9 Å². The minimum Gasteiger partial charge on any atom is -0.493 e. The monoisotopic (exact) mass is 313 g/mol. The molecule has 1 aromatic rings. The molecule has 0 amide bonds. The van der Waals surface area contributed by atoms with Crippen LogP contribution in [-0.2, 0) is 0 Å². The summed E-state index contributed by atoms with van der Waals surface area (Å²) in [7, 11) is 0. The van der Waals surface area contributed by atoms with E-state index in [4.69, 9.17) is 10.5 Å². The van der Waals surface area contributed by atoms with E-state index in [0.717, 1.165) is 28.8 Å². The summed E-state index contributed by atoms with van der Waals surface area (Å²) < 4.78 is 6.88. The molecular weight excluding hydrogens is 290 g/mol. The number of unbranched alkanes of at least 4 members (excludes halogenated alkanes) is 4.